The van der Waals surface area contributed by atoms with E-state index in [9.17, 15) is 4.79 Å². The molecule has 3 heteroatoms. The molecule has 0 N–H and O–H groups in total. The van der Waals surface area contributed by atoms with Crippen molar-refractivity contribution in [1.29, 1.82) is 0 Å². The highest BCUT2D eigenvalue weighted by atomic mass is 16.5. The van der Waals surface area contributed by atoms with E-state index in [1.165, 1.54) is 5.56 Å². The highest BCUT2D eigenvalue weighted by Gasteiger charge is 2.43. The maximum absolute atomic E-state index is 12.6. The van der Waals surface area contributed by atoms with Gasteiger partial charge in [0.15, 0.2) is 0 Å². The molecule has 2 aromatic carbocycles. The normalized spacial score (nSPS) is 24.4. The third-order valence-corrected chi connectivity index (χ3v) is 4.88. The van der Waals surface area contributed by atoms with E-state index in [4.69, 9.17) is 9.73 Å². The predicted molar refractivity (Wildman–Crippen MR) is 101 cm³/mol. The Hall–Kier alpha value is -2.42. The number of benzene rings is 2. The molecule has 130 valence electrons. The summed E-state index contributed by atoms with van der Waals surface area (Å²) < 4.78 is 5.34. The van der Waals surface area contributed by atoms with Gasteiger partial charge in [0.05, 0.1) is 19.1 Å². The zero-order valence-corrected chi connectivity index (χ0v) is 14.9. The lowest BCUT2D eigenvalue weighted by Gasteiger charge is -2.17. The van der Waals surface area contributed by atoms with Crippen molar-refractivity contribution < 1.29 is 9.53 Å². The minimum atomic E-state index is -0.242. The molecule has 3 rings (SSSR count). The molecule has 3 unspecified atom stereocenters. The smallest absolute Gasteiger partial charge is 0.314 e. The van der Waals surface area contributed by atoms with Gasteiger partial charge in [-0.05, 0) is 30.4 Å². The summed E-state index contributed by atoms with van der Waals surface area (Å²) >= 11 is 0. The first-order chi connectivity index (χ1) is 12.2. The fourth-order valence-electron chi connectivity index (χ4n) is 3.69. The van der Waals surface area contributed by atoms with Crippen molar-refractivity contribution in [1.82, 2.24) is 0 Å². The lowest BCUT2D eigenvalue weighted by molar-refractivity contribution is -0.146. The first-order valence-electron chi connectivity index (χ1n) is 9.00. The van der Waals surface area contributed by atoms with Crippen LogP contribution in [-0.2, 0) is 16.1 Å². The van der Waals surface area contributed by atoms with Crippen molar-refractivity contribution in [3.8, 4) is 0 Å². The molecule has 1 saturated carbocycles. The van der Waals surface area contributed by atoms with Gasteiger partial charge in [0.2, 0.25) is 0 Å². The van der Waals surface area contributed by atoms with E-state index in [0.29, 0.717) is 13.2 Å². The van der Waals surface area contributed by atoms with Gasteiger partial charge in [0.1, 0.15) is 0 Å². The summed E-state index contributed by atoms with van der Waals surface area (Å²) in [4.78, 5) is 17.5. The average Bonchev–Trinajstić information content (AvgIpc) is 2.98. The van der Waals surface area contributed by atoms with Crippen molar-refractivity contribution in [2.75, 3.05) is 6.61 Å². The zero-order chi connectivity index (χ0) is 17.6. The highest BCUT2D eigenvalue weighted by molar-refractivity contribution is 6.07. The van der Waals surface area contributed by atoms with Gasteiger partial charge in [0.25, 0.3) is 0 Å². The molecule has 25 heavy (non-hydrogen) atoms. The van der Waals surface area contributed by atoms with Crippen LogP contribution >= 0.6 is 0 Å². The van der Waals surface area contributed by atoms with Crippen molar-refractivity contribution in [3.05, 3.63) is 71.8 Å². The van der Waals surface area contributed by atoms with Gasteiger partial charge < -0.3 is 4.74 Å². The molecule has 0 bridgehead atoms. The van der Waals surface area contributed by atoms with E-state index in [1.807, 2.05) is 43.3 Å². The third-order valence-electron chi connectivity index (χ3n) is 4.88. The third kappa shape index (κ3) is 3.98. The Bertz CT molecular complexity index is 724. The maximum Gasteiger partial charge on any atom is 0.314 e. The van der Waals surface area contributed by atoms with Crippen molar-refractivity contribution in [2.45, 2.75) is 32.7 Å². The number of nitrogens with zero attached hydrogens (tertiary/aromatic N) is 1. The monoisotopic (exact) mass is 335 g/mol. The van der Waals surface area contributed by atoms with Crippen LogP contribution in [-0.4, -0.2) is 18.3 Å². The Morgan fingerprint density at radius 2 is 1.72 bits per heavy atom. The number of carbonyl (C=O) groups excluding carboxylic acids is 1. The Balaban J connectivity index is 1.93. The van der Waals surface area contributed by atoms with E-state index in [0.717, 1.165) is 17.7 Å². The molecule has 3 atom stereocenters. The number of hydrogen-bond acceptors (Lipinski definition) is 3. The van der Waals surface area contributed by atoms with Gasteiger partial charge in [-0.15, -0.1) is 0 Å². The lowest BCUT2D eigenvalue weighted by atomic mass is 9.93. The Labute approximate surface area is 149 Å². The van der Waals surface area contributed by atoms with Crippen LogP contribution in [0.3, 0.4) is 0 Å². The standard InChI is InChI=1S/C22H25NO2/c1-3-25-22(24)20-16(2)14-19(18-12-8-5-9-13-18)21(20)23-15-17-10-6-4-7-11-17/h4-13,16,19-20H,3,14-15H2,1-2H3. The Morgan fingerprint density at radius 1 is 1.08 bits per heavy atom. The van der Waals surface area contributed by atoms with Crippen LogP contribution in [0.25, 0.3) is 0 Å². The molecule has 0 heterocycles. The number of esters is 1. The highest BCUT2D eigenvalue weighted by Crippen LogP contribution is 2.41. The molecular formula is C22H25NO2. The summed E-state index contributed by atoms with van der Waals surface area (Å²) in [6, 6.07) is 20.5. The van der Waals surface area contributed by atoms with Gasteiger partial charge in [-0.25, -0.2) is 0 Å². The van der Waals surface area contributed by atoms with Crippen molar-refractivity contribution >= 4 is 11.7 Å². The molecule has 1 aliphatic carbocycles. The van der Waals surface area contributed by atoms with E-state index >= 15 is 0 Å². The van der Waals surface area contributed by atoms with Crippen LogP contribution in [0.4, 0.5) is 0 Å². The van der Waals surface area contributed by atoms with Crippen LogP contribution < -0.4 is 0 Å². The molecular weight excluding hydrogens is 310 g/mol. The van der Waals surface area contributed by atoms with Gasteiger partial charge in [-0.2, -0.15) is 0 Å². The predicted octanol–water partition coefficient (Wildman–Crippen LogP) is 4.63. The number of aliphatic imine (C=N–C) groups is 1. The van der Waals surface area contributed by atoms with E-state index in [-0.39, 0.29) is 23.7 Å². The molecule has 2 aromatic rings. The summed E-state index contributed by atoms with van der Waals surface area (Å²) in [6.07, 6.45) is 0.932. The number of rotatable bonds is 5. The van der Waals surface area contributed by atoms with Crippen LogP contribution in [0.1, 0.15) is 37.3 Å². The summed E-state index contributed by atoms with van der Waals surface area (Å²) in [6.45, 7) is 4.99. The fraction of sp³-hybridized carbons (Fsp3) is 0.364. The zero-order valence-electron chi connectivity index (χ0n) is 14.9. The van der Waals surface area contributed by atoms with Crippen LogP contribution in [0.15, 0.2) is 65.7 Å². The fourth-order valence-corrected chi connectivity index (χ4v) is 3.69. The minimum Gasteiger partial charge on any atom is -0.465 e. The molecule has 0 amide bonds. The number of carbonyl (C=O) groups is 1. The summed E-state index contributed by atoms with van der Waals surface area (Å²) in [7, 11) is 0. The van der Waals surface area contributed by atoms with Crippen LogP contribution in [0.5, 0.6) is 0 Å². The maximum atomic E-state index is 12.6. The van der Waals surface area contributed by atoms with Crippen LogP contribution in [0.2, 0.25) is 0 Å². The molecule has 0 aliphatic heterocycles. The Morgan fingerprint density at radius 3 is 2.36 bits per heavy atom. The van der Waals surface area contributed by atoms with Gasteiger partial charge >= 0.3 is 5.97 Å². The largest absolute Gasteiger partial charge is 0.465 e. The second kappa shape index (κ2) is 8.11. The average molecular weight is 335 g/mol. The quantitative estimate of drug-likeness (QED) is 0.747. The molecule has 0 saturated heterocycles. The second-order valence-electron chi connectivity index (χ2n) is 6.63. The molecule has 3 nitrogen and oxygen atoms in total. The minimum absolute atomic E-state index is 0.139. The topological polar surface area (TPSA) is 38.7 Å². The Kier molecular flexibility index (Phi) is 5.64. The lowest BCUT2D eigenvalue weighted by Crippen LogP contribution is -2.27. The molecule has 1 aliphatic rings. The molecule has 0 radical (unpaired) electrons. The second-order valence-corrected chi connectivity index (χ2v) is 6.63. The van der Waals surface area contributed by atoms with Gasteiger partial charge in [-0.3, -0.25) is 9.79 Å². The first-order valence-corrected chi connectivity index (χ1v) is 9.00. The van der Waals surface area contributed by atoms with Gasteiger partial charge in [0, 0.05) is 11.6 Å². The van der Waals surface area contributed by atoms with Gasteiger partial charge in [-0.1, -0.05) is 67.6 Å². The summed E-state index contributed by atoms with van der Waals surface area (Å²) in [5.74, 6) is 0.0437. The summed E-state index contributed by atoms with van der Waals surface area (Å²) in [5.41, 5.74) is 3.36. The van der Waals surface area contributed by atoms with Crippen molar-refractivity contribution in [3.63, 3.8) is 0 Å². The van der Waals surface area contributed by atoms with Crippen LogP contribution in [0, 0.1) is 11.8 Å². The number of ether oxygens (including phenoxy) is 1. The van der Waals surface area contributed by atoms with E-state index < -0.39 is 0 Å². The molecule has 0 spiro atoms. The molecule has 1 fully saturated rings. The van der Waals surface area contributed by atoms with E-state index in [2.05, 4.69) is 31.2 Å². The summed E-state index contributed by atoms with van der Waals surface area (Å²) in [5, 5.41) is 0. The number of hydrogen-bond donors (Lipinski definition) is 0. The first kappa shape index (κ1) is 17.4. The molecule has 0 aromatic heterocycles. The SMILES string of the molecule is CCOC(=O)C1C(=NCc2ccccc2)C(c2ccccc2)CC1C. The van der Waals surface area contributed by atoms with Crippen molar-refractivity contribution in [2.24, 2.45) is 16.8 Å². The van der Waals surface area contributed by atoms with E-state index in [1.54, 1.807) is 0 Å².